The van der Waals surface area contributed by atoms with Crippen molar-refractivity contribution < 1.29 is 4.39 Å². The second-order valence-corrected chi connectivity index (χ2v) is 9.20. The summed E-state index contributed by atoms with van der Waals surface area (Å²) < 4.78 is 18.0. The number of hydrogen-bond donors (Lipinski definition) is 1. The van der Waals surface area contributed by atoms with E-state index < -0.39 is 5.82 Å². The normalized spacial score (nSPS) is 20.5. The van der Waals surface area contributed by atoms with Gasteiger partial charge < -0.3 is 14.8 Å². The van der Waals surface area contributed by atoms with Crippen molar-refractivity contribution in [3.8, 4) is 0 Å². The number of nitrogens with zero attached hydrogens (tertiary/aromatic N) is 2. The highest BCUT2D eigenvalue weighted by Crippen LogP contribution is 2.46. The molecule has 2 heterocycles. The van der Waals surface area contributed by atoms with Crippen LogP contribution in [0.5, 0.6) is 0 Å². The molecule has 0 spiro atoms. The van der Waals surface area contributed by atoms with Gasteiger partial charge in [0, 0.05) is 43.0 Å². The number of aromatic nitrogens is 1. The van der Waals surface area contributed by atoms with Gasteiger partial charge in [0.2, 0.25) is 0 Å². The summed E-state index contributed by atoms with van der Waals surface area (Å²) in [6.07, 6.45) is 3.76. The first-order valence-corrected chi connectivity index (χ1v) is 10.8. The van der Waals surface area contributed by atoms with Crippen molar-refractivity contribution in [2.45, 2.75) is 38.3 Å². The van der Waals surface area contributed by atoms with E-state index in [1.807, 2.05) is 33.9 Å². The maximum Gasteiger partial charge on any atom is 0.192 e. The van der Waals surface area contributed by atoms with E-state index in [4.69, 9.17) is 11.6 Å². The van der Waals surface area contributed by atoms with E-state index in [2.05, 4.69) is 24.4 Å². The number of piperazine rings is 1. The zero-order chi connectivity index (χ0) is 21.0. The highest BCUT2D eigenvalue weighted by molar-refractivity contribution is 6.34. The van der Waals surface area contributed by atoms with Gasteiger partial charge in [0.15, 0.2) is 11.2 Å². The first-order valence-electron chi connectivity index (χ1n) is 10.5. The lowest BCUT2D eigenvalue weighted by molar-refractivity contribution is 0.466. The number of aryl methyl sites for hydroxylation is 1. The first kappa shape index (κ1) is 19.6. The lowest BCUT2D eigenvalue weighted by Gasteiger charge is -2.36. The molecule has 0 radical (unpaired) electrons. The van der Waals surface area contributed by atoms with Crippen molar-refractivity contribution in [2.24, 2.45) is 0 Å². The Morgan fingerprint density at radius 3 is 2.67 bits per heavy atom. The summed E-state index contributed by atoms with van der Waals surface area (Å²) in [5.41, 5.74) is 2.26. The van der Waals surface area contributed by atoms with Crippen molar-refractivity contribution >= 4 is 28.2 Å². The second-order valence-electron chi connectivity index (χ2n) is 8.79. The second kappa shape index (κ2) is 7.10. The Labute approximate surface area is 180 Å². The van der Waals surface area contributed by atoms with Crippen LogP contribution in [0.25, 0.3) is 10.9 Å². The zero-order valence-corrected chi connectivity index (χ0v) is 18.0. The van der Waals surface area contributed by atoms with Gasteiger partial charge in [-0.2, -0.15) is 0 Å². The fourth-order valence-corrected chi connectivity index (χ4v) is 4.85. The van der Waals surface area contributed by atoms with Gasteiger partial charge in [0.05, 0.1) is 21.6 Å². The minimum Gasteiger partial charge on any atom is -0.365 e. The number of rotatable bonds is 3. The van der Waals surface area contributed by atoms with Crippen molar-refractivity contribution in [3.63, 3.8) is 0 Å². The van der Waals surface area contributed by atoms with Crippen molar-refractivity contribution in [1.82, 2.24) is 9.88 Å². The Bertz CT molecular complexity index is 1190. The molecule has 5 rings (SSSR count). The summed E-state index contributed by atoms with van der Waals surface area (Å²) in [5.74, 6) is -0.392. The molecule has 2 aliphatic rings. The van der Waals surface area contributed by atoms with Crippen LogP contribution in [-0.4, -0.2) is 24.2 Å². The number of hydrogen-bond acceptors (Lipinski definition) is 3. The molecule has 1 saturated carbocycles. The molecule has 4 nitrogen and oxygen atoms in total. The maximum absolute atomic E-state index is 16.1. The third-order valence-corrected chi connectivity index (χ3v) is 6.87. The van der Waals surface area contributed by atoms with E-state index in [0.717, 1.165) is 24.9 Å². The van der Waals surface area contributed by atoms with Crippen LogP contribution in [0, 0.1) is 12.7 Å². The quantitative estimate of drug-likeness (QED) is 0.657. The zero-order valence-electron chi connectivity index (χ0n) is 17.2. The molecule has 2 fully saturated rings. The lowest BCUT2D eigenvalue weighted by atomic mass is 10.0. The third kappa shape index (κ3) is 3.12. The Morgan fingerprint density at radius 2 is 1.97 bits per heavy atom. The van der Waals surface area contributed by atoms with Crippen molar-refractivity contribution in [3.05, 3.63) is 74.8 Å². The Balaban J connectivity index is 1.65. The molecule has 1 aliphatic heterocycles. The largest absolute Gasteiger partial charge is 0.365 e. The van der Waals surface area contributed by atoms with Crippen molar-refractivity contribution in [1.29, 1.82) is 0 Å². The standard InChI is InChI=1S/C24H25ClFN3O/c1-15-13-29(24(2)8-9-24)21-17(23(15)30)12-18(25)22(20(21)26)28-11-10-27-19(14-28)16-6-4-3-5-7-16/h3-7,12-13,19,27H,8-11,14H2,1-2H3. The molecule has 1 aromatic heterocycles. The lowest BCUT2D eigenvalue weighted by Crippen LogP contribution is -2.46. The predicted molar refractivity (Wildman–Crippen MR) is 120 cm³/mol. The van der Waals surface area contributed by atoms with Crippen LogP contribution in [0.3, 0.4) is 0 Å². The minimum atomic E-state index is -0.392. The molecular formula is C24H25ClFN3O. The number of anilines is 1. The van der Waals surface area contributed by atoms with Gasteiger partial charge in [0.25, 0.3) is 0 Å². The molecule has 0 bridgehead atoms. The Kier molecular flexibility index (Phi) is 4.64. The first-order chi connectivity index (χ1) is 14.4. The van der Waals surface area contributed by atoms with Gasteiger partial charge in [-0.3, -0.25) is 4.79 Å². The Hall–Kier alpha value is -2.37. The van der Waals surface area contributed by atoms with Crippen LogP contribution in [0.2, 0.25) is 5.02 Å². The van der Waals surface area contributed by atoms with Crippen LogP contribution in [0.1, 0.15) is 36.9 Å². The van der Waals surface area contributed by atoms with Crippen LogP contribution >= 0.6 is 11.6 Å². The molecule has 30 heavy (non-hydrogen) atoms. The average molecular weight is 426 g/mol. The molecule has 6 heteroatoms. The number of halogens is 2. The SMILES string of the molecule is Cc1cn(C2(C)CC2)c2c(F)c(N3CCNC(c4ccccc4)C3)c(Cl)cc2c1=O. The summed E-state index contributed by atoms with van der Waals surface area (Å²) in [6.45, 7) is 5.88. The molecule has 1 N–H and O–H groups in total. The van der Waals surface area contributed by atoms with E-state index in [1.165, 1.54) is 0 Å². The fraction of sp³-hybridized carbons (Fsp3) is 0.375. The summed E-state index contributed by atoms with van der Waals surface area (Å²) in [5, 5.41) is 4.17. The predicted octanol–water partition coefficient (Wildman–Crippen LogP) is 4.76. The highest BCUT2D eigenvalue weighted by atomic mass is 35.5. The van der Waals surface area contributed by atoms with Gasteiger partial charge in [0.1, 0.15) is 0 Å². The molecule has 156 valence electrons. The number of fused-ring (bicyclic) bond motifs is 1. The summed E-state index contributed by atoms with van der Waals surface area (Å²) in [6, 6.07) is 11.9. The smallest absolute Gasteiger partial charge is 0.192 e. The van der Waals surface area contributed by atoms with Gasteiger partial charge in [-0.15, -0.1) is 0 Å². The monoisotopic (exact) mass is 425 g/mol. The van der Waals surface area contributed by atoms with E-state index >= 15 is 4.39 Å². The van der Waals surface area contributed by atoms with E-state index in [-0.39, 0.29) is 17.0 Å². The summed E-state index contributed by atoms with van der Waals surface area (Å²) in [4.78, 5) is 14.8. The number of pyridine rings is 1. The van der Waals surface area contributed by atoms with E-state index in [1.54, 1.807) is 13.0 Å². The van der Waals surface area contributed by atoms with Crippen LogP contribution in [0.4, 0.5) is 10.1 Å². The molecule has 1 aliphatic carbocycles. The van der Waals surface area contributed by atoms with Crippen LogP contribution < -0.4 is 15.6 Å². The molecular weight excluding hydrogens is 401 g/mol. The minimum absolute atomic E-state index is 0.0901. The summed E-state index contributed by atoms with van der Waals surface area (Å²) >= 11 is 6.59. The molecule has 1 unspecified atom stereocenters. The van der Waals surface area contributed by atoms with Crippen LogP contribution in [0.15, 0.2) is 47.4 Å². The third-order valence-electron chi connectivity index (χ3n) is 6.58. The fourth-order valence-electron chi connectivity index (χ4n) is 4.54. The number of nitrogens with one attached hydrogen (secondary N) is 1. The highest BCUT2D eigenvalue weighted by Gasteiger charge is 2.41. The molecule has 3 aromatic rings. The molecule has 2 aromatic carbocycles. The van der Waals surface area contributed by atoms with Gasteiger partial charge in [-0.05, 0) is 38.3 Å². The molecule has 0 amide bonds. The van der Waals surface area contributed by atoms with Crippen molar-refractivity contribution in [2.75, 3.05) is 24.5 Å². The van der Waals surface area contributed by atoms with Gasteiger partial charge in [-0.1, -0.05) is 41.9 Å². The topological polar surface area (TPSA) is 37.3 Å². The van der Waals surface area contributed by atoms with Gasteiger partial charge in [-0.25, -0.2) is 4.39 Å². The van der Waals surface area contributed by atoms with E-state index in [0.29, 0.717) is 40.3 Å². The number of benzene rings is 2. The summed E-state index contributed by atoms with van der Waals surface area (Å²) in [7, 11) is 0. The molecule has 1 atom stereocenters. The molecule has 1 saturated heterocycles. The van der Waals surface area contributed by atoms with E-state index in [9.17, 15) is 4.79 Å². The van der Waals surface area contributed by atoms with Crippen LogP contribution in [-0.2, 0) is 5.54 Å². The van der Waals surface area contributed by atoms with Gasteiger partial charge >= 0.3 is 0 Å². The maximum atomic E-state index is 16.1. The Morgan fingerprint density at radius 1 is 1.23 bits per heavy atom. The average Bonchev–Trinajstić information content (AvgIpc) is 3.50.